The lowest BCUT2D eigenvalue weighted by Crippen LogP contribution is -2.55. The number of rotatable bonds is 4. The summed E-state index contributed by atoms with van der Waals surface area (Å²) in [7, 11) is 0. The van der Waals surface area contributed by atoms with E-state index < -0.39 is 0 Å². The van der Waals surface area contributed by atoms with E-state index in [2.05, 4.69) is 41.2 Å². The maximum absolute atomic E-state index is 9.62. The van der Waals surface area contributed by atoms with E-state index in [-0.39, 0.29) is 11.5 Å². The van der Waals surface area contributed by atoms with Gasteiger partial charge in [-0.3, -0.25) is 0 Å². The van der Waals surface area contributed by atoms with Crippen molar-refractivity contribution in [2.75, 3.05) is 24.5 Å². The second-order valence-corrected chi connectivity index (χ2v) is 8.17. The first kappa shape index (κ1) is 15.8. The Kier molecular flexibility index (Phi) is 3.73. The van der Waals surface area contributed by atoms with Crippen LogP contribution < -0.4 is 10.2 Å². The first-order valence-corrected chi connectivity index (χ1v) is 8.81. The lowest BCUT2D eigenvalue weighted by atomic mass is 9.88. The highest BCUT2D eigenvalue weighted by Gasteiger charge is 2.32. The predicted octanol–water partition coefficient (Wildman–Crippen LogP) is 0.971. The van der Waals surface area contributed by atoms with Gasteiger partial charge in [-0.2, -0.15) is 4.52 Å². The Morgan fingerprint density at radius 2 is 2.00 bits per heavy atom. The van der Waals surface area contributed by atoms with Gasteiger partial charge in [0.25, 0.3) is 0 Å². The van der Waals surface area contributed by atoms with Gasteiger partial charge in [-0.05, 0) is 25.0 Å². The van der Waals surface area contributed by atoms with Gasteiger partial charge < -0.3 is 15.3 Å². The largest absolute Gasteiger partial charge is 0.392 e. The highest BCUT2D eigenvalue weighted by atomic mass is 16.3. The Balaban J connectivity index is 1.40. The van der Waals surface area contributed by atoms with Crippen LogP contribution in [0.15, 0.2) is 12.1 Å². The number of aliphatic hydroxyl groups is 1. The molecule has 0 radical (unpaired) electrons. The molecule has 0 bridgehead atoms. The van der Waals surface area contributed by atoms with E-state index in [0.717, 1.165) is 49.8 Å². The maximum atomic E-state index is 9.62. The third kappa shape index (κ3) is 2.75. The molecule has 2 aromatic heterocycles. The molecular formula is C17H26N6O. The quantitative estimate of drug-likeness (QED) is 0.870. The summed E-state index contributed by atoms with van der Waals surface area (Å²) in [5.41, 5.74) is 0.706. The molecule has 2 unspecified atom stereocenters. The van der Waals surface area contributed by atoms with Crippen molar-refractivity contribution in [1.29, 1.82) is 0 Å². The van der Waals surface area contributed by atoms with Crippen molar-refractivity contribution in [3.05, 3.63) is 18.0 Å². The smallest absolute Gasteiger partial charge is 0.178 e. The van der Waals surface area contributed by atoms with Crippen LogP contribution in [-0.4, -0.2) is 56.7 Å². The molecule has 4 rings (SSSR count). The number of aliphatic hydroxyl groups excluding tert-OH is 1. The third-order valence-electron chi connectivity index (χ3n) is 5.11. The van der Waals surface area contributed by atoms with Crippen LogP contribution in [0.25, 0.3) is 5.65 Å². The monoisotopic (exact) mass is 330 g/mol. The van der Waals surface area contributed by atoms with Crippen molar-refractivity contribution in [2.24, 2.45) is 5.92 Å². The number of nitrogens with zero attached hydrogens (tertiary/aromatic N) is 5. The van der Waals surface area contributed by atoms with Crippen molar-refractivity contribution in [2.45, 2.75) is 51.2 Å². The first-order valence-electron chi connectivity index (χ1n) is 8.81. The van der Waals surface area contributed by atoms with E-state index in [4.69, 9.17) is 5.10 Å². The van der Waals surface area contributed by atoms with Crippen LogP contribution in [0.3, 0.4) is 0 Å². The second kappa shape index (κ2) is 5.67. The van der Waals surface area contributed by atoms with Crippen LogP contribution in [0.1, 0.15) is 39.4 Å². The highest BCUT2D eigenvalue weighted by Crippen LogP contribution is 2.26. The summed E-state index contributed by atoms with van der Waals surface area (Å²) in [5.74, 6) is 2.49. The molecule has 0 amide bonds. The van der Waals surface area contributed by atoms with E-state index in [1.54, 1.807) is 0 Å². The Hall–Kier alpha value is -1.73. The van der Waals surface area contributed by atoms with Crippen LogP contribution in [-0.2, 0) is 5.41 Å². The lowest BCUT2D eigenvalue weighted by Gasteiger charge is -2.42. The van der Waals surface area contributed by atoms with Crippen LogP contribution in [0.5, 0.6) is 0 Å². The fraction of sp³-hybridized carbons (Fsp3) is 0.706. The molecule has 2 aromatic rings. The van der Waals surface area contributed by atoms with E-state index in [1.807, 2.05) is 16.6 Å². The lowest BCUT2D eigenvalue weighted by molar-refractivity contribution is 0.0474. The second-order valence-electron chi connectivity index (χ2n) is 8.17. The van der Waals surface area contributed by atoms with Gasteiger partial charge in [-0.1, -0.05) is 20.8 Å². The predicted molar refractivity (Wildman–Crippen MR) is 92.2 cm³/mol. The highest BCUT2D eigenvalue weighted by molar-refractivity contribution is 5.47. The molecule has 7 nitrogen and oxygen atoms in total. The Morgan fingerprint density at radius 1 is 1.21 bits per heavy atom. The van der Waals surface area contributed by atoms with Crippen molar-refractivity contribution >= 4 is 11.5 Å². The average molecular weight is 330 g/mol. The minimum Gasteiger partial charge on any atom is -0.392 e. The minimum absolute atomic E-state index is 0.0873. The Morgan fingerprint density at radius 3 is 2.62 bits per heavy atom. The van der Waals surface area contributed by atoms with Gasteiger partial charge in [0.15, 0.2) is 11.5 Å². The Bertz CT molecular complexity index is 730. The summed E-state index contributed by atoms with van der Waals surface area (Å²) in [5, 5.41) is 26.4. The van der Waals surface area contributed by atoms with E-state index >= 15 is 0 Å². The number of hydrogen-bond acceptors (Lipinski definition) is 6. The van der Waals surface area contributed by atoms with Crippen molar-refractivity contribution in [1.82, 2.24) is 25.1 Å². The minimum atomic E-state index is -0.144. The van der Waals surface area contributed by atoms with Gasteiger partial charge in [0.2, 0.25) is 0 Å². The maximum Gasteiger partial charge on any atom is 0.178 e. The fourth-order valence-corrected chi connectivity index (χ4v) is 3.34. The normalized spacial score (nSPS) is 24.9. The summed E-state index contributed by atoms with van der Waals surface area (Å²) >= 11 is 0. The van der Waals surface area contributed by atoms with Crippen molar-refractivity contribution in [3.8, 4) is 0 Å². The molecule has 2 aliphatic rings. The molecule has 2 N–H and O–H groups in total. The molecule has 130 valence electrons. The first-order chi connectivity index (χ1) is 11.4. The van der Waals surface area contributed by atoms with E-state index in [0.29, 0.717) is 12.0 Å². The molecule has 1 saturated heterocycles. The topological polar surface area (TPSA) is 78.6 Å². The van der Waals surface area contributed by atoms with Crippen LogP contribution in [0, 0.1) is 5.92 Å². The molecule has 24 heavy (non-hydrogen) atoms. The van der Waals surface area contributed by atoms with Gasteiger partial charge >= 0.3 is 0 Å². The summed E-state index contributed by atoms with van der Waals surface area (Å²) in [6.07, 6.45) is 1.89. The summed E-state index contributed by atoms with van der Waals surface area (Å²) in [4.78, 5) is 2.29. The molecule has 1 aliphatic heterocycles. The van der Waals surface area contributed by atoms with E-state index in [1.165, 1.54) is 0 Å². The average Bonchev–Trinajstić information content (AvgIpc) is 2.90. The Labute approximate surface area is 142 Å². The van der Waals surface area contributed by atoms with Gasteiger partial charge in [0.05, 0.1) is 6.10 Å². The number of nitrogens with one attached hydrogen (secondary N) is 1. The van der Waals surface area contributed by atoms with Gasteiger partial charge in [-0.25, -0.2) is 0 Å². The fourth-order valence-electron chi connectivity index (χ4n) is 3.34. The number of aromatic nitrogens is 4. The summed E-state index contributed by atoms with van der Waals surface area (Å²) < 4.78 is 1.87. The van der Waals surface area contributed by atoms with Crippen LogP contribution >= 0.6 is 0 Å². The summed E-state index contributed by atoms with van der Waals surface area (Å²) in [6, 6.07) is 4.32. The molecule has 3 heterocycles. The molecule has 2 atom stereocenters. The zero-order valence-corrected chi connectivity index (χ0v) is 14.6. The number of anilines is 1. The van der Waals surface area contributed by atoms with Crippen LogP contribution in [0.2, 0.25) is 0 Å². The molecule has 0 spiro atoms. The third-order valence-corrected chi connectivity index (χ3v) is 5.11. The standard InChI is InChI=1S/C17H26N6O/c1-17(2,3)16-20-19-14-6-7-15(21-23(14)16)22-9-11(10-22)8-18-12-4-5-13(12)24/h6-7,11-13,18,24H,4-5,8-10H2,1-3H3. The number of hydrogen-bond donors (Lipinski definition) is 2. The van der Waals surface area contributed by atoms with Crippen molar-refractivity contribution < 1.29 is 5.11 Å². The number of fused-ring (bicyclic) bond motifs is 1. The summed E-state index contributed by atoms with van der Waals surface area (Å²) in [6.45, 7) is 9.34. The molecule has 7 heteroatoms. The van der Waals surface area contributed by atoms with E-state index in [9.17, 15) is 5.11 Å². The van der Waals surface area contributed by atoms with Gasteiger partial charge in [-0.15, -0.1) is 15.3 Å². The zero-order valence-electron chi connectivity index (χ0n) is 14.6. The zero-order chi connectivity index (χ0) is 16.9. The molecule has 2 fully saturated rings. The van der Waals surface area contributed by atoms with Crippen molar-refractivity contribution in [3.63, 3.8) is 0 Å². The molecule has 0 aromatic carbocycles. The van der Waals surface area contributed by atoms with Crippen LogP contribution in [0.4, 0.5) is 5.82 Å². The SMILES string of the molecule is CC(C)(C)c1nnc2ccc(N3CC(CNC4CCC4O)C3)nn12. The molecular weight excluding hydrogens is 304 g/mol. The van der Waals surface area contributed by atoms with Gasteiger partial charge in [0, 0.05) is 37.0 Å². The van der Waals surface area contributed by atoms with Gasteiger partial charge in [0.1, 0.15) is 5.82 Å². The molecule has 1 saturated carbocycles. The molecule has 1 aliphatic carbocycles.